The number of hydrogen-bond acceptors (Lipinski definition) is 4. The number of para-hydroxylation sites is 1. The summed E-state index contributed by atoms with van der Waals surface area (Å²) in [6.45, 7) is 9.53. The Hall–Kier alpha value is -15.4. The van der Waals surface area contributed by atoms with E-state index in [9.17, 15) is 0 Å². The van der Waals surface area contributed by atoms with E-state index in [1.165, 1.54) is 94.6 Å². The number of fused-ring (bicyclic) bond motifs is 32. The molecule has 1 unspecified atom stereocenters. The molecular formula is C120H80N2O2. The molecule has 0 N–H and O–H groups in total. The summed E-state index contributed by atoms with van der Waals surface area (Å²) in [5.41, 5.74) is 35.7. The van der Waals surface area contributed by atoms with Crippen molar-refractivity contribution in [3.63, 3.8) is 0 Å². The number of ether oxygens (including phenoxy) is 2. The van der Waals surface area contributed by atoms with Crippen LogP contribution in [-0.2, 0) is 21.7 Å². The van der Waals surface area contributed by atoms with E-state index in [1.807, 2.05) is 0 Å². The van der Waals surface area contributed by atoms with Crippen LogP contribution in [0.2, 0.25) is 0 Å². The predicted octanol–water partition coefficient (Wildman–Crippen LogP) is 31.8. The minimum Gasteiger partial charge on any atom is -0.455 e. The van der Waals surface area contributed by atoms with Gasteiger partial charge in [0.2, 0.25) is 0 Å². The maximum atomic E-state index is 7.89. The molecule has 2 aliphatic heterocycles. The second-order valence-corrected chi connectivity index (χ2v) is 35.5. The molecule has 20 aromatic rings. The lowest BCUT2D eigenvalue weighted by atomic mass is 9.65. The van der Waals surface area contributed by atoms with Crippen LogP contribution in [0.5, 0.6) is 23.0 Å². The quantitative estimate of drug-likeness (QED) is 0.144. The zero-order valence-electron chi connectivity index (χ0n) is 69.0. The van der Waals surface area contributed by atoms with Gasteiger partial charge in [-0.1, -0.05) is 373 Å². The van der Waals surface area contributed by atoms with Gasteiger partial charge in [0.15, 0.2) is 0 Å². The number of anilines is 6. The maximum absolute atomic E-state index is 7.89. The van der Waals surface area contributed by atoms with Crippen LogP contribution < -0.4 is 19.3 Å². The first-order valence-corrected chi connectivity index (χ1v) is 43.4. The molecule has 4 aliphatic carbocycles. The lowest BCUT2D eigenvalue weighted by Crippen LogP contribution is -2.32. The van der Waals surface area contributed by atoms with Crippen molar-refractivity contribution in [2.45, 2.75) is 49.4 Å². The van der Waals surface area contributed by atoms with Gasteiger partial charge in [-0.2, -0.15) is 0 Å². The highest BCUT2D eigenvalue weighted by Crippen LogP contribution is 2.69. The van der Waals surface area contributed by atoms with Gasteiger partial charge in [0.25, 0.3) is 0 Å². The van der Waals surface area contributed by atoms with Crippen LogP contribution in [0.4, 0.5) is 34.1 Å². The van der Waals surface area contributed by atoms with Crippen LogP contribution in [0.1, 0.15) is 94.5 Å². The average molecular weight is 1580 g/mol. The van der Waals surface area contributed by atoms with Crippen molar-refractivity contribution in [3.8, 4) is 101 Å². The molecule has 4 heteroatoms. The smallest absolute Gasteiger partial charge is 0.140 e. The van der Waals surface area contributed by atoms with Gasteiger partial charge in [-0.15, -0.1) is 0 Å². The Morgan fingerprint density at radius 2 is 0.548 bits per heavy atom. The summed E-state index contributed by atoms with van der Waals surface area (Å²) >= 11 is 0. The van der Waals surface area contributed by atoms with E-state index in [0.717, 1.165) is 150 Å². The van der Waals surface area contributed by atoms with Gasteiger partial charge in [0.05, 0.1) is 27.9 Å². The van der Waals surface area contributed by atoms with Gasteiger partial charge < -0.3 is 19.3 Å². The Morgan fingerprint density at radius 3 is 1.14 bits per heavy atom. The van der Waals surface area contributed by atoms with Crippen molar-refractivity contribution in [2.24, 2.45) is 0 Å². The van der Waals surface area contributed by atoms with E-state index in [4.69, 9.17) is 9.47 Å². The van der Waals surface area contributed by atoms with Crippen LogP contribution in [0.25, 0.3) is 121 Å². The number of benzene rings is 20. The summed E-state index contributed by atoms with van der Waals surface area (Å²) in [6.07, 6.45) is 0. The molecule has 20 aromatic carbocycles. The SMILES string of the molecule is CC1(C)c2ccccc2-c2cc(N(c3ccccc3-c3cccc(-c4ccc5ccc6c(c5c4)Oc4c(ccc5ccccc45)C64c5ccccc5-c5c(N(c6cccc(-c7ccccc7)c6)c6ccc7c(c6)C(C)(C)c6ccccc6-7)cccc54)c3)c3cccc4c3-c3ccccc3C43c4ccc5ccccc5c4Oc4c3ccc3ccccc43)ccc21. The fourth-order valence-electron chi connectivity index (χ4n) is 23.2. The molecule has 124 heavy (non-hydrogen) atoms. The second-order valence-electron chi connectivity index (χ2n) is 35.5. The number of nitrogens with zero attached hydrogens (tertiary/aromatic N) is 2. The molecule has 0 saturated carbocycles. The number of hydrogen-bond donors (Lipinski definition) is 0. The standard InChI is InChI=1S/C120H80N2O2/c1-117(2)97-46-20-15-42-90(97)95-71-83(61-67-98(95)117)122(110-53-27-50-102-112(110)93-44-17-22-48-100(93)119(102)103-63-56-74-30-8-11-38-86(74)113(103)123-114-87-39-12-9-31-75(87)57-64-104(114)119)108-51-23-18-37-85(108)81-35-24-33-78(68-81)80-55-54-77-59-66-106-116(94(77)70-80)124-115-88-40-13-10-32-76(88)58-65-105(115)120(106)99-47-21-16-43-92(99)111-101(120)49-26-52-109(111)121(82-36-25-34-79(69-82)73-28-6-5-7-29-73)84-60-62-91-89-41-14-19-45-96(89)118(3,4)107(91)72-84/h5-72H,1-4H3. The van der Waals surface area contributed by atoms with Gasteiger partial charge in [0, 0.05) is 88.4 Å². The zero-order valence-corrected chi connectivity index (χ0v) is 69.0. The molecule has 0 radical (unpaired) electrons. The topological polar surface area (TPSA) is 24.9 Å². The van der Waals surface area contributed by atoms with Crippen molar-refractivity contribution in [1.29, 1.82) is 0 Å². The van der Waals surface area contributed by atoms with Crippen molar-refractivity contribution in [1.82, 2.24) is 0 Å². The van der Waals surface area contributed by atoms with E-state index in [1.54, 1.807) is 0 Å². The third-order valence-corrected chi connectivity index (χ3v) is 28.7. The first-order chi connectivity index (χ1) is 61.0. The number of rotatable bonds is 9. The van der Waals surface area contributed by atoms with Crippen LogP contribution in [-0.4, -0.2) is 0 Å². The molecule has 582 valence electrons. The van der Waals surface area contributed by atoms with Crippen LogP contribution in [0.3, 0.4) is 0 Å². The highest BCUT2D eigenvalue weighted by atomic mass is 16.5. The third kappa shape index (κ3) is 9.62. The fraction of sp³-hybridized carbons (Fsp3) is 0.0667. The zero-order chi connectivity index (χ0) is 82.1. The summed E-state index contributed by atoms with van der Waals surface area (Å²) in [6, 6.07) is 155. The van der Waals surface area contributed by atoms with Crippen molar-refractivity contribution < 1.29 is 9.47 Å². The normalized spacial score (nSPS) is 15.3. The fourth-order valence-corrected chi connectivity index (χ4v) is 23.2. The van der Waals surface area contributed by atoms with Crippen molar-refractivity contribution in [3.05, 3.63) is 479 Å². The monoisotopic (exact) mass is 1580 g/mol. The molecular weight excluding hydrogens is 1500 g/mol. The summed E-state index contributed by atoms with van der Waals surface area (Å²) < 4.78 is 15.4. The molecule has 0 saturated heterocycles. The van der Waals surface area contributed by atoms with E-state index < -0.39 is 10.8 Å². The molecule has 0 amide bonds. The second kappa shape index (κ2) is 26.1. The van der Waals surface area contributed by atoms with E-state index in [0.29, 0.717) is 0 Å². The summed E-state index contributed by atoms with van der Waals surface area (Å²) in [4.78, 5) is 5.13. The van der Waals surface area contributed by atoms with Crippen LogP contribution >= 0.6 is 0 Å². The predicted molar refractivity (Wildman–Crippen MR) is 512 cm³/mol. The van der Waals surface area contributed by atoms with Gasteiger partial charge in [-0.25, -0.2) is 0 Å². The Bertz CT molecular complexity index is 7960. The Balaban J connectivity index is 0.661. The molecule has 6 aliphatic rings. The van der Waals surface area contributed by atoms with Crippen LogP contribution in [0.15, 0.2) is 413 Å². The molecule has 2 heterocycles. The molecule has 1 atom stereocenters. The van der Waals surface area contributed by atoms with Crippen LogP contribution in [0, 0.1) is 0 Å². The molecule has 0 fully saturated rings. The largest absolute Gasteiger partial charge is 0.455 e. The minimum absolute atomic E-state index is 0.201. The van der Waals surface area contributed by atoms with Crippen molar-refractivity contribution in [2.75, 3.05) is 9.80 Å². The molecule has 2 spiro atoms. The van der Waals surface area contributed by atoms with Gasteiger partial charge >= 0.3 is 0 Å². The summed E-state index contributed by atoms with van der Waals surface area (Å²) in [5.74, 6) is 3.52. The lowest BCUT2D eigenvalue weighted by Gasteiger charge is -2.40. The minimum atomic E-state index is -0.836. The Labute approximate surface area is 721 Å². The maximum Gasteiger partial charge on any atom is 0.140 e. The molecule has 0 bridgehead atoms. The van der Waals surface area contributed by atoms with E-state index >= 15 is 0 Å². The van der Waals surface area contributed by atoms with E-state index in [-0.39, 0.29) is 10.8 Å². The summed E-state index contributed by atoms with van der Waals surface area (Å²) in [5, 5.41) is 8.79. The third-order valence-electron chi connectivity index (χ3n) is 28.7. The Morgan fingerprint density at radius 1 is 0.185 bits per heavy atom. The average Bonchev–Trinajstić information content (AvgIpc) is 1.50. The molecule has 26 rings (SSSR count). The van der Waals surface area contributed by atoms with Gasteiger partial charge in [-0.3, -0.25) is 0 Å². The molecule has 4 nitrogen and oxygen atoms in total. The molecule has 0 aromatic heterocycles. The first kappa shape index (κ1) is 70.5. The van der Waals surface area contributed by atoms with E-state index in [2.05, 4.69) is 450 Å². The highest BCUT2D eigenvalue weighted by Gasteiger charge is 2.55. The van der Waals surface area contributed by atoms with Gasteiger partial charge in [-0.05, 0) is 194 Å². The highest BCUT2D eigenvalue weighted by molar-refractivity contribution is 6.08. The lowest BCUT2D eigenvalue weighted by molar-refractivity contribution is 0.447. The van der Waals surface area contributed by atoms with Crippen molar-refractivity contribution >= 4 is 77.2 Å². The first-order valence-electron chi connectivity index (χ1n) is 43.4. The summed E-state index contributed by atoms with van der Waals surface area (Å²) in [7, 11) is 0. The Kier molecular flexibility index (Phi) is 14.8. The van der Waals surface area contributed by atoms with Gasteiger partial charge in [0.1, 0.15) is 23.0 Å².